The van der Waals surface area contributed by atoms with Gasteiger partial charge >= 0.3 is 0 Å². The molecule has 2 aromatic rings. The second-order valence-electron chi connectivity index (χ2n) is 5.09. The molecule has 3 nitrogen and oxygen atoms in total. The molecule has 0 aliphatic carbocycles. The average molecular weight is 341 g/mol. The molecule has 1 fully saturated rings. The standard InChI is InChI=1S/C18H15NO2S2/c1-12(14-5-3-2-4-6-14)21-15-9-7-13(8-10-15)11-16-17(20)19-18(22)23-16/h2-12H,1H3,(H,19,20,22)/b16-11+. The van der Waals surface area contributed by atoms with Crippen molar-refractivity contribution < 1.29 is 9.53 Å². The van der Waals surface area contributed by atoms with Crippen LogP contribution >= 0.6 is 24.0 Å². The largest absolute Gasteiger partial charge is 0.486 e. The maximum atomic E-state index is 11.6. The Labute approximate surface area is 144 Å². The zero-order valence-electron chi connectivity index (χ0n) is 12.5. The van der Waals surface area contributed by atoms with E-state index in [2.05, 4.69) is 5.32 Å². The van der Waals surface area contributed by atoms with Gasteiger partial charge in [-0.2, -0.15) is 0 Å². The molecule has 1 aliphatic heterocycles. The van der Waals surface area contributed by atoms with Crippen LogP contribution < -0.4 is 10.1 Å². The first-order valence-electron chi connectivity index (χ1n) is 7.18. The Morgan fingerprint density at radius 1 is 1.13 bits per heavy atom. The van der Waals surface area contributed by atoms with Gasteiger partial charge in [0.25, 0.3) is 5.91 Å². The van der Waals surface area contributed by atoms with E-state index in [9.17, 15) is 4.79 Å². The van der Waals surface area contributed by atoms with Crippen LogP contribution in [-0.4, -0.2) is 10.2 Å². The molecular weight excluding hydrogens is 326 g/mol. The van der Waals surface area contributed by atoms with Gasteiger partial charge in [-0.3, -0.25) is 4.79 Å². The Morgan fingerprint density at radius 3 is 2.43 bits per heavy atom. The summed E-state index contributed by atoms with van der Waals surface area (Å²) in [5, 5.41) is 2.61. The molecule has 116 valence electrons. The van der Waals surface area contributed by atoms with Crippen molar-refractivity contribution in [3.8, 4) is 5.75 Å². The predicted molar refractivity (Wildman–Crippen MR) is 98.2 cm³/mol. The van der Waals surface area contributed by atoms with E-state index in [0.29, 0.717) is 9.23 Å². The normalized spacial score (nSPS) is 17.2. The molecule has 1 heterocycles. The zero-order valence-corrected chi connectivity index (χ0v) is 14.1. The van der Waals surface area contributed by atoms with Crippen LogP contribution in [0.4, 0.5) is 0 Å². The summed E-state index contributed by atoms with van der Waals surface area (Å²) in [5.41, 5.74) is 2.07. The molecule has 1 N–H and O–H groups in total. The Balaban J connectivity index is 1.69. The fraction of sp³-hybridized carbons (Fsp3) is 0.111. The SMILES string of the molecule is CC(Oc1ccc(/C=C2/SC(=S)NC2=O)cc1)c1ccccc1. The number of hydrogen-bond donors (Lipinski definition) is 1. The molecule has 23 heavy (non-hydrogen) atoms. The predicted octanol–water partition coefficient (Wildman–Crippen LogP) is 4.32. The number of amides is 1. The van der Waals surface area contributed by atoms with Crippen LogP contribution in [0.25, 0.3) is 6.08 Å². The molecule has 2 aromatic carbocycles. The lowest BCUT2D eigenvalue weighted by Gasteiger charge is -2.15. The summed E-state index contributed by atoms with van der Waals surface area (Å²) >= 11 is 6.26. The highest BCUT2D eigenvalue weighted by molar-refractivity contribution is 8.26. The van der Waals surface area contributed by atoms with Crippen molar-refractivity contribution in [1.82, 2.24) is 5.32 Å². The zero-order chi connectivity index (χ0) is 16.2. The molecule has 0 spiro atoms. The summed E-state index contributed by atoms with van der Waals surface area (Å²) in [4.78, 5) is 12.3. The Hall–Kier alpha value is -2.11. The highest BCUT2D eigenvalue weighted by Gasteiger charge is 2.21. The van der Waals surface area contributed by atoms with E-state index in [0.717, 1.165) is 16.9 Å². The quantitative estimate of drug-likeness (QED) is 0.664. The summed E-state index contributed by atoms with van der Waals surface area (Å²) < 4.78 is 6.44. The second-order valence-corrected chi connectivity index (χ2v) is 6.81. The van der Waals surface area contributed by atoms with Crippen LogP contribution in [-0.2, 0) is 4.79 Å². The third-order valence-electron chi connectivity index (χ3n) is 3.40. The summed E-state index contributed by atoms with van der Waals surface area (Å²) in [5.74, 6) is 0.653. The van der Waals surface area contributed by atoms with E-state index < -0.39 is 0 Å². The first-order chi connectivity index (χ1) is 11.1. The molecule has 3 rings (SSSR count). The van der Waals surface area contributed by atoms with Crippen molar-refractivity contribution in [2.45, 2.75) is 13.0 Å². The maximum Gasteiger partial charge on any atom is 0.263 e. The lowest BCUT2D eigenvalue weighted by Crippen LogP contribution is -2.17. The van der Waals surface area contributed by atoms with Gasteiger partial charge in [0.2, 0.25) is 0 Å². The first-order valence-corrected chi connectivity index (χ1v) is 8.41. The molecule has 1 atom stereocenters. The van der Waals surface area contributed by atoms with Crippen molar-refractivity contribution in [3.05, 3.63) is 70.6 Å². The fourth-order valence-corrected chi connectivity index (χ4v) is 3.26. The number of rotatable bonds is 4. The summed E-state index contributed by atoms with van der Waals surface area (Å²) in [6.07, 6.45) is 1.80. The average Bonchev–Trinajstić information content (AvgIpc) is 2.87. The first kappa shape index (κ1) is 15.8. The summed E-state index contributed by atoms with van der Waals surface area (Å²) in [7, 11) is 0. The van der Waals surface area contributed by atoms with Crippen molar-refractivity contribution in [2.24, 2.45) is 0 Å². The Morgan fingerprint density at radius 2 is 1.83 bits per heavy atom. The lowest BCUT2D eigenvalue weighted by atomic mass is 10.1. The Kier molecular flexibility index (Phi) is 4.79. The van der Waals surface area contributed by atoms with Gasteiger partial charge in [-0.15, -0.1) is 0 Å². The number of thioether (sulfide) groups is 1. The van der Waals surface area contributed by atoms with Crippen molar-refractivity contribution >= 4 is 40.3 Å². The van der Waals surface area contributed by atoms with Gasteiger partial charge in [-0.05, 0) is 36.3 Å². The van der Waals surface area contributed by atoms with E-state index in [1.807, 2.05) is 67.6 Å². The fourth-order valence-electron chi connectivity index (χ4n) is 2.21. The third-order valence-corrected chi connectivity index (χ3v) is 4.56. The molecule has 1 unspecified atom stereocenters. The van der Waals surface area contributed by atoms with Crippen LogP contribution in [0, 0.1) is 0 Å². The molecule has 0 bridgehead atoms. The number of hydrogen-bond acceptors (Lipinski definition) is 4. The van der Waals surface area contributed by atoms with Crippen LogP contribution in [0.5, 0.6) is 5.75 Å². The van der Waals surface area contributed by atoms with E-state index in [4.69, 9.17) is 17.0 Å². The lowest BCUT2D eigenvalue weighted by molar-refractivity contribution is -0.115. The number of ether oxygens (including phenoxy) is 1. The summed E-state index contributed by atoms with van der Waals surface area (Å²) in [6, 6.07) is 17.7. The van der Waals surface area contributed by atoms with E-state index >= 15 is 0 Å². The van der Waals surface area contributed by atoms with Gasteiger partial charge in [0, 0.05) is 0 Å². The number of carbonyl (C=O) groups excluding carboxylic acids is 1. The third kappa shape index (κ3) is 4.00. The number of nitrogens with one attached hydrogen (secondary N) is 1. The number of thiocarbonyl (C=S) groups is 1. The van der Waals surface area contributed by atoms with Gasteiger partial charge in [0.1, 0.15) is 16.2 Å². The topological polar surface area (TPSA) is 38.3 Å². The molecule has 0 aromatic heterocycles. The minimum absolute atomic E-state index is 0.0195. The van der Waals surface area contributed by atoms with Crippen molar-refractivity contribution in [1.29, 1.82) is 0 Å². The number of carbonyl (C=O) groups is 1. The maximum absolute atomic E-state index is 11.6. The van der Waals surface area contributed by atoms with E-state index in [1.165, 1.54) is 11.8 Å². The molecular formula is C18H15NO2S2. The molecule has 1 amide bonds. The van der Waals surface area contributed by atoms with Crippen LogP contribution in [0.1, 0.15) is 24.2 Å². The highest BCUT2D eigenvalue weighted by Crippen LogP contribution is 2.27. The second kappa shape index (κ2) is 6.98. The van der Waals surface area contributed by atoms with Gasteiger partial charge in [0.15, 0.2) is 0 Å². The molecule has 0 radical (unpaired) electrons. The Bertz CT molecular complexity index is 754. The van der Waals surface area contributed by atoms with Gasteiger partial charge in [-0.25, -0.2) is 0 Å². The van der Waals surface area contributed by atoms with E-state index in [1.54, 1.807) is 0 Å². The molecule has 1 aliphatic rings. The van der Waals surface area contributed by atoms with Crippen LogP contribution in [0.15, 0.2) is 59.5 Å². The summed E-state index contributed by atoms with van der Waals surface area (Å²) in [6.45, 7) is 2.02. The molecule has 5 heteroatoms. The highest BCUT2D eigenvalue weighted by atomic mass is 32.2. The van der Waals surface area contributed by atoms with Gasteiger partial charge in [0.05, 0.1) is 4.91 Å². The van der Waals surface area contributed by atoms with Crippen LogP contribution in [0.2, 0.25) is 0 Å². The van der Waals surface area contributed by atoms with Crippen molar-refractivity contribution in [3.63, 3.8) is 0 Å². The minimum atomic E-state index is -0.141. The number of benzene rings is 2. The molecule has 1 saturated heterocycles. The van der Waals surface area contributed by atoms with Gasteiger partial charge < -0.3 is 10.1 Å². The minimum Gasteiger partial charge on any atom is -0.486 e. The van der Waals surface area contributed by atoms with Crippen LogP contribution in [0.3, 0.4) is 0 Å². The smallest absolute Gasteiger partial charge is 0.263 e. The van der Waals surface area contributed by atoms with E-state index in [-0.39, 0.29) is 12.0 Å². The van der Waals surface area contributed by atoms with Crippen molar-refractivity contribution in [2.75, 3.05) is 0 Å². The van der Waals surface area contributed by atoms with Gasteiger partial charge in [-0.1, -0.05) is 66.4 Å². The molecule has 0 saturated carbocycles. The monoisotopic (exact) mass is 341 g/mol.